The molecule has 0 saturated carbocycles. The second kappa shape index (κ2) is 4.61. The first-order chi connectivity index (χ1) is 9.90. The molecule has 109 valence electrons. The number of benzene rings is 1. The Labute approximate surface area is 119 Å². The molecule has 0 spiro atoms. The normalized spacial score (nSPS) is 21.3. The number of aliphatic imine (C=N–C) groups is 1. The van der Waals surface area contributed by atoms with Gasteiger partial charge in [-0.15, -0.1) is 0 Å². The maximum absolute atomic E-state index is 14.0. The minimum atomic E-state index is -2.69. The Morgan fingerprint density at radius 2 is 2.24 bits per heavy atom. The zero-order chi connectivity index (χ0) is 15.2. The van der Waals surface area contributed by atoms with E-state index in [1.165, 1.54) is 28.9 Å². The number of nitrogens with zero attached hydrogens (tertiary/aromatic N) is 3. The van der Waals surface area contributed by atoms with Crippen LogP contribution in [0.3, 0.4) is 0 Å². The van der Waals surface area contributed by atoms with Crippen molar-refractivity contribution in [3.63, 3.8) is 0 Å². The first-order valence-corrected chi connectivity index (χ1v) is 6.28. The Hall–Kier alpha value is -2.31. The summed E-state index contributed by atoms with van der Waals surface area (Å²) in [4.78, 5) is 4.29. The van der Waals surface area contributed by atoms with Crippen molar-refractivity contribution in [2.24, 2.45) is 10.7 Å². The lowest BCUT2D eigenvalue weighted by Crippen LogP contribution is -2.37. The van der Waals surface area contributed by atoms with E-state index in [1.54, 1.807) is 6.92 Å². The fourth-order valence-electron chi connectivity index (χ4n) is 2.49. The molecule has 0 aliphatic carbocycles. The summed E-state index contributed by atoms with van der Waals surface area (Å²) < 4.78 is 40.8. The van der Waals surface area contributed by atoms with Gasteiger partial charge in [-0.05, 0) is 31.2 Å². The summed E-state index contributed by atoms with van der Waals surface area (Å²) in [7, 11) is 0. The van der Waals surface area contributed by atoms with Crippen LogP contribution in [0.4, 0.5) is 13.2 Å². The van der Waals surface area contributed by atoms with E-state index in [2.05, 4.69) is 16.2 Å². The van der Waals surface area contributed by atoms with Crippen molar-refractivity contribution in [2.45, 2.75) is 25.4 Å². The van der Waals surface area contributed by atoms with Crippen molar-refractivity contribution < 1.29 is 13.2 Å². The molecule has 1 atom stereocenters. The Morgan fingerprint density at radius 3 is 2.90 bits per heavy atom. The molecule has 2 heterocycles. The van der Waals surface area contributed by atoms with Crippen LogP contribution >= 0.6 is 0 Å². The molecule has 2 aromatic rings. The van der Waals surface area contributed by atoms with Crippen molar-refractivity contribution in [3.05, 3.63) is 53.1 Å². The molecule has 1 aliphatic rings. The topological polar surface area (TPSA) is 56.2 Å². The van der Waals surface area contributed by atoms with Crippen molar-refractivity contribution in [3.8, 4) is 0 Å². The van der Waals surface area contributed by atoms with Crippen LogP contribution in [0.25, 0.3) is 0 Å². The van der Waals surface area contributed by atoms with Gasteiger partial charge in [0.2, 0.25) is 0 Å². The second-order valence-electron chi connectivity index (χ2n) is 5.09. The summed E-state index contributed by atoms with van der Waals surface area (Å²) in [6.07, 6.45) is -2.69. The van der Waals surface area contributed by atoms with E-state index in [0.717, 1.165) is 0 Å². The van der Waals surface area contributed by atoms with Crippen molar-refractivity contribution in [1.29, 1.82) is 0 Å². The second-order valence-corrected chi connectivity index (χ2v) is 5.09. The lowest BCUT2D eigenvalue weighted by molar-refractivity contribution is 0.144. The van der Waals surface area contributed by atoms with Crippen LogP contribution in [-0.4, -0.2) is 15.6 Å². The minimum Gasteiger partial charge on any atom is -0.382 e. The fourth-order valence-corrected chi connectivity index (χ4v) is 2.49. The SMILES string of the molecule is CC1(c2c[c]ccc2F)Cn2nc(C(F)F)cc2C(N)=N1. The minimum absolute atomic E-state index is 0.0615. The molecule has 7 heteroatoms. The van der Waals surface area contributed by atoms with Gasteiger partial charge in [0.1, 0.15) is 28.6 Å². The van der Waals surface area contributed by atoms with Gasteiger partial charge < -0.3 is 5.73 Å². The van der Waals surface area contributed by atoms with Gasteiger partial charge in [0.25, 0.3) is 6.43 Å². The number of rotatable bonds is 2. The molecule has 3 rings (SSSR count). The van der Waals surface area contributed by atoms with E-state index in [0.29, 0.717) is 11.3 Å². The van der Waals surface area contributed by atoms with Gasteiger partial charge in [0, 0.05) is 5.56 Å². The highest BCUT2D eigenvalue weighted by molar-refractivity contribution is 5.97. The number of amidine groups is 1. The standard InChI is InChI=1S/C14H12F3N4/c1-14(8-4-2-3-5-9(8)15)7-21-11(13(18)19-14)6-10(20-21)12(16)17/h3-6,12H,7H2,1H3,(H2,18,19). The van der Waals surface area contributed by atoms with E-state index in [9.17, 15) is 13.2 Å². The molecule has 2 N–H and O–H groups in total. The number of halogens is 3. The molecule has 1 unspecified atom stereocenters. The van der Waals surface area contributed by atoms with Crippen LogP contribution in [0.15, 0.2) is 29.3 Å². The van der Waals surface area contributed by atoms with Gasteiger partial charge in [-0.25, -0.2) is 13.2 Å². The predicted molar refractivity (Wildman–Crippen MR) is 70.5 cm³/mol. The predicted octanol–water partition coefficient (Wildman–Crippen LogP) is 2.39. The molecule has 1 aliphatic heterocycles. The molecule has 0 bridgehead atoms. The van der Waals surface area contributed by atoms with Gasteiger partial charge >= 0.3 is 0 Å². The van der Waals surface area contributed by atoms with Crippen molar-refractivity contribution in [1.82, 2.24) is 9.78 Å². The lowest BCUT2D eigenvalue weighted by atomic mass is 9.91. The van der Waals surface area contributed by atoms with E-state index in [4.69, 9.17) is 5.73 Å². The molecule has 1 aromatic heterocycles. The summed E-state index contributed by atoms with van der Waals surface area (Å²) >= 11 is 0. The van der Waals surface area contributed by atoms with Crippen LogP contribution < -0.4 is 5.73 Å². The fraction of sp³-hybridized carbons (Fsp3) is 0.286. The number of hydrogen-bond acceptors (Lipinski definition) is 3. The monoisotopic (exact) mass is 293 g/mol. The van der Waals surface area contributed by atoms with Crippen LogP contribution in [0.5, 0.6) is 0 Å². The molecule has 0 fully saturated rings. The highest BCUT2D eigenvalue weighted by Crippen LogP contribution is 2.33. The van der Waals surface area contributed by atoms with Gasteiger partial charge in [-0.2, -0.15) is 5.10 Å². The zero-order valence-corrected chi connectivity index (χ0v) is 11.1. The Bertz CT molecular complexity index is 723. The summed E-state index contributed by atoms with van der Waals surface area (Å²) in [6.45, 7) is 1.81. The molecule has 0 amide bonds. The van der Waals surface area contributed by atoms with Gasteiger partial charge in [0.05, 0.1) is 6.54 Å². The zero-order valence-electron chi connectivity index (χ0n) is 11.1. The number of fused-ring (bicyclic) bond motifs is 1. The van der Waals surface area contributed by atoms with Crippen LogP contribution in [0.2, 0.25) is 0 Å². The molecule has 0 saturated heterocycles. The average Bonchev–Trinajstić information content (AvgIpc) is 2.83. The Kier molecular flexibility index (Phi) is 3.00. The van der Waals surface area contributed by atoms with Gasteiger partial charge in [0.15, 0.2) is 0 Å². The third-order valence-corrected chi connectivity index (χ3v) is 3.50. The average molecular weight is 293 g/mol. The molecular formula is C14H12F3N4. The first kappa shape index (κ1) is 13.7. The quantitative estimate of drug-likeness (QED) is 0.924. The highest BCUT2D eigenvalue weighted by atomic mass is 19.3. The molecule has 1 aromatic carbocycles. The first-order valence-electron chi connectivity index (χ1n) is 6.28. The third-order valence-electron chi connectivity index (χ3n) is 3.50. The number of aromatic nitrogens is 2. The Morgan fingerprint density at radius 1 is 1.48 bits per heavy atom. The molecule has 21 heavy (non-hydrogen) atoms. The maximum atomic E-state index is 14.0. The number of hydrogen-bond donors (Lipinski definition) is 1. The van der Waals surface area contributed by atoms with E-state index >= 15 is 0 Å². The highest BCUT2D eigenvalue weighted by Gasteiger charge is 2.35. The Balaban J connectivity index is 2.08. The van der Waals surface area contributed by atoms with Crippen LogP contribution in [-0.2, 0) is 12.1 Å². The van der Waals surface area contributed by atoms with Gasteiger partial charge in [-0.3, -0.25) is 9.67 Å². The third kappa shape index (κ3) is 2.18. The lowest BCUT2D eigenvalue weighted by Gasteiger charge is -2.31. The molecule has 4 nitrogen and oxygen atoms in total. The van der Waals surface area contributed by atoms with Crippen molar-refractivity contribution >= 4 is 5.84 Å². The smallest absolute Gasteiger partial charge is 0.282 e. The van der Waals surface area contributed by atoms with E-state index < -0.39 is 17.8 Å². The summed E-state index contributed by atoms with van der Waals surface area (Å²) in [6, 6.07) is 8.20. The number of nitrogens with two attached hydrogens (primary N) is 1. The number of alkyl halides is 2. The van der Waals surface area contributed by atoms with E-state index in [1.807, 2.05) is 0 Å². The van der Waals surface area contributed by atoms with Crippen LogP contribution in [0, 0.1) is 11.9 Å². The van der Waals surface area contributed by atoms with E-state index in [-0.39, 0.29) is 18.1 Å². The summed E-state index contributed by atoms with van der Waals surface area (Å²) in [5.41, 5.74) is 5.08. The summed E-state index contributed by atoms with van der Waals surface area (Å²) in [5, 5.41) is 3.82. The summed E-state index contributed by atoms with van der Waals surface area (Å²) in [5.74, 6) is -0.385. The molecule has 1 radical (unpaired) electrons. The van der Waals surface area contributed by atoms with Crippen LogP contribution in [0.1, 0.15) is 30.3 Å². The van der Waals surface area contributed by atoms with Crippen molar-refractivity contribution in [2.75, 3.05) is 0 Å². The maximum Gasteiger partial charge on any atom is 0.282 e. The largest absolute Gasteiger partial charge is 0.382 e. The van der Waals surface area contributed by atoms with Gasteiger partial charge in [-0.1, -0.05) is 6.07 Å². The molecular weight excluding hydrogens is 281 g/mol.